The summed E-state index contributed by atoms with van der Waals surface area (Å²) in [5.41, 5.74) is 3.45. The number of likely N-dealkylation sites (N-methyl/N-ethyl adjacent to an activating group) is 1. The molecule has 0 radical (unpaired) electrons. The summed E-state index contributed by atoms with van der Waals surface area (Å²) >= 11 is 1.80. The van der Waals surface area contributed by atoms with E-state index in [0.29, 0.717) is 6.04 Å². The highest BCUT2D eigenvalue weighted by atomic mass is 32.1. The first-order valence-corrected chi connectivity index (χ1v) is 12.1. The van der Waals surface area contributed by atoms with Crippen LogP contribution in [0.15, 0.2) is 29.3 Å². The fraction of sp³-hybridized carbons (Fsp3) is 0.500. The van der Waals surface area contributed by atoms with Crippen LogP contribution in [0.3, 0.4) is 0 Å². The van der Waals surface area contributed by atoms with E-state index in [1.54, 1.807) is 18.4 Å². The molecule has 0 saturated carbocycles. The molecule has 1 fully saturated rings. The molecule has 9 nitrogen and oxygen atoms in total. The van der Waals surface area contributed by atoms with E-state index < -0.39 is 11.9 Å². The van der Waals surface area contributed by atoms with Crippen molar-refractivity contribution in [3.63, 3.8) is 0 Å². The first-order valence-electron chi connectivity index (χ1n) is 11.3. The van der Waals surface area contributed by atoms with E-state index in [4.69, 9.17) is 24.9 Å². The number of piperazine rings is 1. The Hall–Kier alpha value is -2.82. The maximum Gasteiger partial charge on any atom is 0.303 e. The fourth-order valence-corrected chi connectivity index (χ4v) is 4.97. The van der Waals surface area contributed by atoms with Crippen LogP contribution in [0.2, 0.25) is 0 Å². The Kier molecular flexibility index (Phi) is 9.14. The van der Waals surface area contributed by atoms with Gasteiger partial charge in [0.25, 0.3) is 0 Å². The Labute approximate surface area is 203 Å². The predicted molar refractivity (Wildman–Crippen MR) is 131 cm³/mol. The van der Waals surface area contributed by atoms with Crippen molar-refractivity contribution < 1.29 is 24.5 Å². The van der Waals surface area contributed by atoms with Crippen LogP contribution in [0.4, 0.5) is 5.69 Å². The van der Waals surface area contributed by atoms with Gasteiger partial charge < -0.3 is 19.8 Å². The van der Waals surface area contributed by atoms with Gasteiger partial charge in [-0.2, -0.15) is 0 Å². The number of ether oxygens (including phenoxy) is 1. The molecule has 2 aromatic rings. The van der Waals surface area contributed by atoms with Gasteiger partial charge in [0.15, 0.2) is 5.84 Å². The van der Waals surface area contributed by atoms with Gasteiger partial charge in [-0.25, -0.2) is 9.98 Å². The summed E-state index contributed by atoms with van der Waals surface area (Å²) < 4.78 is 5.31. The second-order valence-corrected chi connectivity index (χ2v) is 9.68. The predicted octanol–water partition coefficient (Wildman–Crippen LogP) is 3.02. The second kappa shape index (κ2) is 12.0. The highest BCUT2D eigenvalue weighted by Crippen LogP contribution is 2.32. The van der Waals surface area contributed by atoms with Crippen molar-refractivity contribution in [2.24, 2.45) is 4.99 Å². The van der Waals surface area contributed by atoms with Crippen molar-refractivity contribution in [2.45, 2.75) is 38.6 Å². The molecule has 0 amide bonds. The van der Waals surface area contributed by atoms with Gasteiger partial charge in [-0.05, 0) is 32.0 Å². The standard InChI is InChI=1S/C20H26N4OS.C4H6O4/c1-14-21-19-18(26-14)12-15-6-4-5-7-17(15)22-20(19)24-10-9-23(2)16(13-24)8-11-25-3;5-3(6)1-2-4(7)8/h4-7,16H,8-13H2,1-3H3;1-2H2,(H,5,6)(H,7,8)/t16-;/m0./s1. The summed E-state index contributed by atoms with van der Waals surface area (Å²) in [6.45, 7) is 5.87. The van der Waals surface area contributed by atoms with Crippen molar-refractivity contribution in [3.8, 4) is 0 Å². The lowest BCUT2D eigenvalue weighted by Gasteiger charge is -2.40. The Morgan fingerprint density at radius 1 is 1.18 bits per heavy atom. The van der Waals surface area contributed by atoms with Crippen molar-refractivity contribution in [3.05, 3.63) is 45.4 Å². The Morgan fingerprint density at radius 3 is 2.56 bits per heavy atom. The molecule has 1 saturated heterocycles. The molecular formula is C24H32N4O5S. The van der Waals surface area contributed by atoms with E-state index in [-0.39, 0.29) is 12.8 Å². The molecule has 1 aromatic carbocycles. The number of aromatic nitrogens is 1. The van der Waals surface area contributed by atoms with Gasteiger partial charge in [-0.15, -0.1) is 11.3 Å². The summed E-state index contributed by atoms with van der Waals surface area (Å²) in [6.07, 6.45) is 1.37. The SMILES string of the molecule is COCC[C@H]1CN(C2=Nc3ccccc3Cc3sc(C)nc32)CCN1C.O=C(O)CCC(=O)O. The van der Waals surface area contributed by atoms with Crippen LogP contribution in [0.25, 0.3) is 0 Å². The number of nitrogens with zero attached hydrogens (tertiary/aromatic N) is 4. The minimum absolute atomic E-state index is 0.296. The number of hydrogen-bond donors (Lipinski definition) is 2. The zero-order chi connectivity index (χ0) is 24.7. The number of rotatable bonds is 6. The van der Waals surface area contributed by atoms with Crippen LogP contribution >= 0.6 is 11.3 Å². The molecule has 10 heteroatoms. The molecular weight excluding hydrogens is 456 g/mol. The average Bonchev–Trinajstić information content (AvgIpc) is 3.09. The Morgan fingerprint density at radius 2 is 1.88 bits per heavy atom. The summed E-state index contributed by atoms with van der Waals surface area (Å²) in [7, 11) is 3.98. The number of hydrogen-bond acceptors (Lipinski definition) is 8. The number of amidine groups is 1. The van der Waals surface area contributed by atoms with Crippen molar-refractivity contribution in [1.82, 2.24) is 14.8 Å². The van der Waals surface area contributed by atoms with Crippen LogP contribution in [0, 0.1) is 6.92 Å². The number of aryl methyl sites for hydroxylation is 1. The minimum Gasteiger partial charge on any atom is -0.481 e. The quantitative estimate of drug-likeness (QED) is 0.638. The number of carboxylic acid groups (broad SMARTS) is 2. The second-order valence-electron chi connectivity index (χ2n) is 8.39. The van der Waals surface area contributed by atoms with Crippen molar-refractivity contribution in [1.29, 1.82) is 0 Å². The number of benzene rings is 1. The monoisotopic (exact) mass is 488 g/mol. The summed E-state index contributed by atoms with van der Waals surface area (Å²) in [4.78, 5) is 35.4. The molecule has 2 aliphatic rings. The molecule has 2 N–H and O–H groups in total. The van der Waals surface area contributed by atoms with Gasteiger partial charge in [0.05, 0.1) is 23.5 Å². The number of para-hydroxylation sites is 1. The number of fused-ring (bicyclic) bond motifs is 2. The van der Waals surface area contributed by atoms with Gasteiger partial charge in [0, 0.05) is 50.7 Å². The number of thiazole rings is 1. The largest absolute Gasteiger partial charge is 0.481 e. The molecule has 0 spiro atoms. The average molecular weight is 489 g/mol. The third-order valence-corrected chi connectivity index (χ3v) is 6.84. The number of carboxylic acids is 2. The van der Waals surface area contributed by atoms with E-state index in [9.17, 15) is 9.59 Å². The van der Waals surface area contributed by atoms with Gasteiger partial charge in [-0.1, -0.05) is 18.2 Å². The molecule has 0 aliphatic carbocycles. The van der Waals surface area contributed by atoms with Crippen molar-refractivity contribution >= 4 is 34.8 Å². The fourth-order valence-electron chi connectivity index (χ4n) is 4.01. The summed E-state index contributed by atoms with van der Waals surface area (Å²) in [5.74, 6) is -1.11. The molecule has 4 rings (SSSR count). The Balaban J connectivity index is 0.000000350. The third kappa shape index (κ3) is 6.85. The van der Waals surface area contributed by atoms with E-state index in [0.717, 1.165) is 61.3 Å². The topological polar surface area (TPSA) is 116 Å². The van der Waals surface area contributed by atoms with Gasteiger partial charge in [0.1, 0.15) is 5.69 Å². The third-order valence-electron chi connectivity index (χ3n) is 5.87. The molecule has 1 atom stereocenters. The van der Waals surface area contributed by atoms with Gasteiger partial charge in [-0.3, -0.25) is 14.5 Å². The molecule has 184 valence electrons. The summed E-state index contributed by atoms with van der Waals surface area (Å²) in [6, 6.07) is 8.96. The molecule has 0 bridgehead atoms. The number of carbonyl (C=O) groups is 2. The zero-order valence-electron chi connectivity index (χ0n) is 19.9. The van der Waals surface area contributed by atoms with Gasteiger partial charge in [0.2, 0.25) is 0 Å². The molecule has 3 heterocycles. The van der Waals surface area contributed by atoms with Gasteiger partial charge >= 0.3 is 11.9 Å². The first kappa shape index (κ1) is 25.8. The lowest BCUT2D eigenvalue weighted by molar-refractivity contribution is -0.143. The van der Waals surface area contributed by atoms with E-state index in [1.165, 1.54) is 10.4 Å². The van der Waals surface area contributed by atoms with Crippen LogP contribution in [-0.4, -0.2) is 89.2 Å². The molecule has 2 aliphatic heterocycles. The lowest BCUT2D eigenvalue weighted by atomic mass is 10.1. The molecule has 0 unspecified atom stereocenters. The number of aliphatic imine (C=N–C) groups is 1. The van der Waals surface area contributed by atoms with Crippen LogP contribution in [0.5, 0.6) is 0 Å². The number of aliphatic carboxylic acids is 2. The number of methoxy groups -OCH3 is 1. The van der Waals surface area contributed by atoms with E-state index in [2.05, 4.69) is 48.0 Å². The molecule has 34 heavy (non-hydrogen) atoms. The smallest absolute Gasteiger partial charge is 0.303 e. The Bertz CT molecular complexity index is 1020. The van der Waals surface area contributed by atoms with Crippen LogP contribution in [0.1, 0.15) is 40.4 Å². The zero-order valence-corrected chi connectivity index (χ0v) is 20.7. The summed E-state index contributed by atoms with van der Waals surface area (Å²) in [5, 5.41) is 16.9. The highest BCUT2D eigenvalue weighted by molar-refractivity contribution is 7.11. The van der Waals surface area contributed by atoms with E-state index >= 15 is 0 Å². The van der Waals surface area contributed by atoms with Crippen LogP contribution in [-0.2, 0) is 20.7 Å². The van der Waals surface area contributed by atoms with Crippen molar-refractivity contribution in [2.75, 3.05) is 40.4 Å². The normalized spacial score (nSPS) is 17.6. The lowest BCUT2D eigenvalue weighted by Crippen LogP contribution is -2.53. The van der Waals surface area contributed by atoms with Crippen LogP contribution < -0.4 is 0 Å². The maximum absolute atomic E-state index is 9.64. The molecule has 1 aromatic heterocycles. The maximum atomic E-state index is 9.64. The minimum atomic E-state index is -1.08. The first-order chi connectivity index (χ1) is 16.3. The highest BCUT2D eigenvalue weighted by Gasteiger charge is 2.30. The van der Waals surface area contributed by atoms with E-state index in [1.807, 2.05) is 0 Å².